The van der Waals surface area contributed by atoms with Crippen molar-refractivity contribution in [3.8, 4) is 17.2 Å². The molecule has 0 aromatic heterocycles. The number of fused-ring (bicyclic) bond motifs is 3. The summed E-state index contributed by atoms with van der Waals surface area (Å²) in [6.45, 7) is 0.806. The van der Waals surface area contributed by atoms with Crippen LogP contribution in [0, 0.1) is 0 Å². The Bertz CT molecular complexity index is 1550. The van der Waals surface area contributed by atoms with E-state index in [9.17, 15) is 44.7 Å². The standard InChI is InChI=1S/C31H35NO13/c1-13-26(37)16(32-8-4-7-20(35)36)9-21(44-13)45-18-11-31(42,19(34)12-33)10-15-23(18)30(41)25-24(28(15)39)27(38)14-5-3-6-17(43-2)22(14)29(25)40/h3,5-6,13,16,18,21,26,32-33,37,39,41-42H,4,7-12H2,1-2H3,(H,35,36)/t13-,16-,18?,21-,26+,31?/m0/s1. The molecule has 2 aliphatic carbocycles. The van der Waals surface area contributed by atoms with Crippen molar-refractivity contribution in [1.82, 2.24) is 5.32 Å². The highest BCUT2D eigenvalue weighted by molar-refractivity contribution is 6.31. The van der Waals surface area contributed by atoms with E-state index in [4.69, 9.17) is 19.3 Å². The number of phenolic OH excluding ortho intramolecular Hbond substituents is 2. The number of rotatable bonds is 10. The third-order valence-corrected chi connectivity index (χ3v) is 8.73. The Kier molecular flexibility index (Phi) is 8.99. The van der Waals surface area contributed by atoms with E-state index >= 15 is 0 Å². The molecule has 0 bridgehead atoms. The molecule has 242 valence electrons. The number of nitrogens with one attached hydrogen (secondary N) is 1. The number of hydrogen-bond donors (Lipinski definition) is 7. The van der Waals surface area contributed by atoms with Crippen LogP contribution >= 0.6 is 0 Å². The Morgan fingerprint density at radius 1 is 1.11 bits per heavy atom. The molecule has 0 spiro atoms. The SMILES string of the molecule is COc1cccc2c1C(=O)c1c(O)c3c(c(O)c1C2=O)CC(O)(C(=O)CO)CC3O[C@H]1C[C@H](NCCCC(=O)O)[C@H](O)[C@H](C)O1. The van der Waals surface area contributed by atoms with E-state index in [1.165, 1.54) is 25.3 Å². The molecule has 0 saturated carbocycles. The quantitative estimate of drug-likeness (QED) is 0.120. The third-order valence-electron chi connectivity index (χ3n) is 8.73. The number of benzene rings is 2. The Balaban J connectivity index is 1.56. The van der Waals surface area contributed by atoms with Crippen LogP contribution in [-0.2, 0) is 25.5 Å². The number of methoxy groups -OCH3 is 1. The number of ketones is 3. The van der Waals surface area contributed by atoms with Crippen molar-refractivity contribution < 1.29 is 64.0 Å². The highest BCUT2D eigenvalue weighted by Crippen LogP contribution is 2.52. The number of aliphatic carboxylic acids is 1. The topological polar surface area (TPSA) is 229 Å². The lowest BCUT2D eigenvalue weighted by molar-refractivity contribution is -0.249. The Morgan fingerprint density at radius 2 is 1.82 bits per heavy atom. The first-order valence-corrected chi connectivity index (χ1v) is 14.5. The lowest BCUT2D eigenvalue weighted by Gasteiger charge is -2.43. The molecule has 2 aromatic carbocycles. The fourth-order valence-electron chi connectivity index (χ4n) is 6.45. The second-order valence-electron chi connectivity index (χ2n) is 11.6. The highest BCUT2D eigenvalue weighted by Gasteiger charge is 2.50. The maximum atomic E-state index is 13.8. The van der Waals surface area contributed by atoms with Crippen molar-refractivity contribution in [2.45, 2.75) is 75.3 Å². The van der Waals surface area contributed by atoms with Gasteiger partial charge in [-0.3, -0.25) is 19.2 Å². The molecule has 1 fully saturated rings. The highest BCUT2D eigenvalue weighted by atomic mass is 16.7. The molecule has 1 aliphatic heterocycles. The van der Waals surface area contributed by atoms with Gasteiger partial charge in [-0.05, 0) is 26.0 Å². The number of aliphatic hydroxyl groups is 3. The zero-order valence-corrected chi connectivity index (χ0v) is 24.6. The molecule has 1 saturated heterocycles. The lowest BCUT2D eigenvalue weighted by atomic mass is 9.72. The van der Waals surface area contributed by atoms with E-state index in [0.29, 0.717) is 6.42 Å². The van der Waals surface area contributed by atoms with Crippen molar-refractivity contribution in [2.75, 3.05) is 20.3 Å². The average molecular weight is 630 g/mol. The average Bonchev–Trinajstić information content (AvgIpc) is 3.00. The summed E-state index contributed by atoms with van der Waals surface area (Å²) in [5, 5.41) is 66.8. The minimum Gasteiger partial charge on any atom is -0.507 e. The van der Waals surface area contributed by atoms with E-state index in [1.54, 1.807) is 6.92 Å². The number of carboxylic acids is 1. The molecule has 3 aliphatic rings. The molecule has 2 unspecified atom stereocenters. The fraction of sp³-hybridized carbons (Fsp3) is 0.484. The first kappa shape index (κ1) is 32.5. The number of aliphatic hydroxyl groups excluding tert-OH is 2. The number of ether oxygens (including phenoxy) is 3. The summed E-state index contributed by atoms with van der Waals surface area (Å²) in [6.07, 6.45) is -5.16. The van der Waals surface area contributed by atoms with Gasteiger partial charge in [0.1, 0.15) is 29.5 Å². The van der Waals surface area contributed by atoms with Crippen molar-refractivity contribution in [3.05, 3.63) is 51.6 Å². The zero-order chi connectivity index (χ0) is 32.8. The van der Waals surface area contributed by atoms with Gasteiger partial charge in [-0.2, -0.15) is 0 Å². The molecule has 2 aromatic rings. The maximum absolute atomic E-state index is 13.8. The van der Waals surface area contributed by atoms with E-state index in [0.717, 1.165) is 0 Å². The van der Waals surface area contributed by atoms with Gasteiger partial charge in [0.2, 0.25) is 5.78 Å². The predicted octanol–water partition coefficient (Wildman–Crippen LogP) is 0.497. The largest absolute Gasteiger partial charge is 0.507 e. The molecule has 1 heterocycles. The number of aromatic hydroxyl groups is 2. The smallest absolute Gasteiger partial charge is 0.303 e. The van der Waals surface area contributed by atoms with Gasteiger partial charge < -0.3 is 50.2 Å². The first-order chi connectivity index (χ1) is 21.3. The number of carbonyl (C=O) groups excluding carboxylic acids is 3. The summed E-state index contributed by atoms with van der Waals surface area (Å²) in [6, 6.07) is 3.72. The Labute approximate surface area is 257 Å². The summed E-state index contributed by atoms with van der Waals surface area (Å²) < 4.78 is 17.3. The summed E-state index contributed by atoms with van der Waals surface area (Å²) >= 11 is 0. The number of carboxylic acid groups (broad SMARTS) is 1. The fourth-order valence-corrected chi connectivity index (χ4v) is 6.45. The van der Waals surface area contributed by atoms with Crippen molar-refractivity contribution >= 4 is 23.3 Å². The van der Waals surface area contributed by atoms with Gasteiger partial charge in [-0.25, -0.2) is 0 Å². The molecule has 14 heteroatoms. The van der Waals surface area contributed by atoms with Crippen LogP contribution in [0.15, 0.2) is 18.2 Å². The molecule has 5 rings (SSSR count). The van der Waals surface area contributed by atoms with E-state index in [-0.39, 0.29) is 47.4 Å². The molecule has 6 atom stereocenters. The van der Waals surface area contributed by atoms with Crippen LogP contribution in [-0.4, -0.2) is 104 Å². The van der Waals surface area contributed by atoms with Crippen LogP contribution in [0.25, 0.3) is 0 Å². The lowest BCUT2D eigenvalue weighted by Crippen LogP contribution is -2.54. The van der Waals surface area contributed by atoms with Gasteiger partial charge in [0.25, 0.3) is 0 Å². The van der Waals surface area contributed by atoms with Crippen molar-refractivity contribution in [3.63, 3.8) is 0 Å². The van der Waals surface area contributed by atoms with E-state index < -0.39 is 102 Å². The molecular weight excluding hydrogens is 594 g/mol. The second-order valence-corrected chi connectivity index (χ2v) is 11.6. The number of Topliss-reactive ketones (excluding diaryl/α,β-unsaturated/α-hetero) is 1. The van der Waals surface area contributed by atoms with Crippen molar-refractivity contribution in [1.29, 1.82) is 0 Å². The van der Waals surface area contributed by atoms with Crippen LogP contribution in [0.2, 0.25) is 0 Å². The van der Waals surface area contributed by atoms with Crippen LogP contribution < -0.4 is 10.1 Å². The summed E-state index contributed by atoms with van der Waals surface area (Å²) in [7, 11) is 1.31. The molecule has 7 N–H and O–H groups in total. The minimum atomic E-state index is -2.29. The normalized spacial score (nSPS) is 27.4. The van der Waals surface area contributed by atoms with E-state index in [2.05, 4.69) is 5.32 Å². The summed E-state index contributed by atoms with van der Waals surface area (Å²) in [4.78, 5) is 51.0. The van der Waals surface area contributed by atoms with Crippen molar-refractivity contribution in [2.24, 2.45) is 0 Å². The van der Waals surface area contributed by atoms with Crippen LogP contribution in [0.1, 0.15) is 81.7 Å². The van der Waals surface area contributed by atoms with Gasteiger partial charge >= 0.3 is 5.97 Å². The zero-order valence-electron chi connectivity index (χ0n) is 24.6. The third kappa shape index (κ3) is 5.69. The molecule has 45 heavy (non-hydrogen) atoms. The monoisotopic (exact) mass is 629 g/mol. The first-order valence-electron chi connectivity index (χ1n) is 14.5. The van der Waals surface area contributed by atoms with Gasteiger partial charge in [0.15, 0.2) is 17.9 Å². The molecule has 0 radical (unpaired) electrons. The van der Waals surface area contributed by atoms with E-state index in [1.807, 2.05) is 0 Å². The molecule has 0 amide bonds. The Hall–Kier alpha value is -3.92. The van der Waals surface area contributed by atoms with Gasteiger partial charge in [0.05, 0.1) is 42.1 Å². The number of carbonyl (C=O) groups is 4. The van der Waals surface area contributed by atoms with Gasteiger partial charge in [-0.15, -0.1) is 0 Å². The maximum Gasteiger partial charge on any atom is 0.303 e. The van der Waals surface area contributed by atoms with Crippen LogP contribution in [0.3, 0.4) is 0 Å². The molecule has 14 nitrogen and oxygen atoms in total. The van der Waals surface area contributed by atoms with Crippen LogP contribution in [0.4, 0.5) is 0 Å². The number of phenols is 2. The minimum absolute atomic E-state index is 0.0243. The molecular formula is C31H35NO13. The number of hydrogen-bond acceptors (Lipinski definition) is 13. The predicted molar refractivity (Wildman–Crippen MR) is 152 cm³/mol. The summed E-state index contributed by atoms with van der Waals surface area (Å²) in [5.74, 6) is -4.89. The van der Waals surface area contributed by atoms with Crippen LogP contribution in [0.5, 0.6) is 17.2 Å². The van der Waals surface area contributed by atoms with Gasteiger partial charge in [0, 0.05) is 48.4 Å². The van der Waals surface area contributed by atoms with Gasteiger partial charge in [-0.1, -0.05) is 12.1 Å². The summed E-state index contributed by atoms with van der Waals surface area (Å²) in [5.41, 5.74) is -3.83. The second kappa shape index (κ2) is 12.5. The Morgan fingerprint density at radius 3 is 2.49 bits per heavy atom.